The number of fused-ring (bicyclic) bond motifs is 5. The van der Waals surface area contributed by atoms with Crippen LogP contribution in [0.3, 0.4) is 0 Å². The van der Waals surface area contributed by atoms with Crippen LogP contribution in [-0.2, 0) is 0 Å². The Hall–Kier alpha value is -7.75. The lowest BCUT2D eigenvalue weighted by Crippen LogP contribution is -1.96. The molecule has 0 aliphatic carbocycles. The second-order valence-corrected chi connectivity index (χ2v) is 14.8. The van der Waals surface area contributed by atoms with E-state index in [1.807, 2.05) is 12.4 Å². The Bertz CT molecular complexity index is 3320. The first kappa shape index (κ1) is 33.6. The van der Waals surface area contributed by atoms with Gasteiger partial charge >= 0.3 is 0 Å². The molecule has 0 radical (unpaired) electrons. The van der Waals surface area contributed by atoms with Crippen molar-refractivity contribution in [2.75, 3.05) is 0 Å². The van der Waals surface area contributed by atoms with Crippen molar-refractivity contribution in [2.45, 2.75) is 0 Å². The summed E-state index contributed by atoms with van der Waals surface area (Å²) in [7, 11) is 0. The maximum atomic E-state index is 5.27. The lowest BCUT2D eigenvalue weighted by molar-refractivity contribution is 1.18. The molecule has 2 heterocycles. The quantitative estimate of drug-likeness (QED) is 0.160. The van der Waals surface area contributed by atoms with Crippen LogP contribution >= 0.6 is 0 Å². The molecule has 2 aromatic heterocycles. The zero-order chi connectivity index (χ0) is 38.4. The Balaban J connectivity index is 1.03. The van der Waals surface area contributed by atoms with Crippen LogP contribution in [-0.4, -0.2) is 15.0 Å². The van der Waals surface area contributed by atoms with Crippen molar-refractivity contribution in [3.8, 4) is 67.3 Å². The van der Waals surface area contributed by atoms with Crippen LogP contribution in [0.4, 0.5) is 0 Å². The predicted octanol–water partition coefficient (Wildman–Crippen LogP) is 14.5. The molecule has 11 rings (SSSR count). The SMILES string of the molecule is c1cc(-c2nc(-c3ccc(-c4cncc5ccccc45)cc3)cc(-c3ccc(-c4cc5ccccc5c5ccccc45)cc3)n2)cc(-c2cccc3ccccc23)c1. The molecular formula is C55H35N3. The molecule has 11 aromatic rings. The van der Waals surface area contributed by atoms with E-state index in [9.17, 15) is 0 Å². The summed E-state index contributed by atoms with van der Waals surface area (Å²) in [4.78, 5) is 15.1. The lowest BCUT2D eigenvalue weighted by atomic mass is 9.92. The van der Waals surface area contributed by atoms with Gasteiger partial charge in [-0.3, -0.25) is 4.98 Å². The summed E-state index contributed by atoms with van der Waals surface area (Å²) < 4.78 is 0. The number of pyridine rings is 1. The third kappa shape index (κ3) is 5.98. The van der Waals surface area contributed by atoms with Crippen LogP contribution in [0.15, 0.2) is 213 Å². The number of nitrogens with zero attached hydrogens (tertiary/aromatic N) is 3. The van der Waals surface area contributed by atoms with E-state index in [0.717, 1.165) is 50.2 Å². The second-order valence-electron chi connectivity index (χ2n) is 14.8. The molecule has 0 saturated heterocycles. The molecule has 0 saturated carbocycles. The standard InChI is InChI=1S/C55H35N3/c1-4-17-45-36(11-1)14-10-22-46(45)41-15-9-16-43(31-41)55-57-53(33-54(58-55)40-29-25-38(26-30-40)52-35-56-34-44-13-3-6-19-48(44)52)39-27-23-37(24-28-39)51-32-42-12-2-5-18-47(42)49-20-7-8-21-50(49)51/h1-35H. The van der Waals surface area contributed by atoms with E-state index < -0.39 is 0 Å². The Labute approximate surface area is 336 Å². The number of benzene rings is 9. The first-order valence-electron chi connectivity index (χ1n) is 19.7. The van der Waals surface area contributed by atoms with Gasteiger partial charge in [-0.1, -0.05) is 182 Å². The topological polar surface area (TPSA) is 38.7 Å². The fourth-order valence-corrected chi connectivity index (χ4v) is 8.46. The fourth-order valence-electron chi connectivity index (χ4n) is 8.46. The minimum absolute atomic E-state index is 0.682. The average molecular weight is 738 g/mol. The van der Waals surface area contributed by atoms with Crippen molar-refractivity contribution in [2.24, 2.45) is 0 Å². The first-order valence-corrected chi connectivity index (χ1v) is 19.7. The van der Waals surface area contributed by atoms with Gasteiger partial charge in [-0.05, 0) is 83.7 Å². The van der Waals surface area contributed by atoms with Gasteiger partial charge < -0.3 is 0 Å². The van der Waals surface area contributed by atoms with Crippen LogP contribution in [0, 0.1) is 0 Å². The van der Waals surface area contributed by atoms with Crippen LogP contribution in [0.1, 0.15) is 0 Å². The van der Waals surface area contributed by atoms with E-state index in [4.69, 9.17) is 9.97 Å². The molecular weight excluding hydrogens is 703 g/mol. The second kappa shape index (κ2) is 14.1. The molecule has 3 heteroatoms. The first-order chi connectivity index (χ1) is 28.7. The Morgan fingerprint density at radius 3 is 1.50 bits per heavy atom. The number of hydrogen-bond acceptors (Lipinski definition) is 3. The summed E-state index contributed by atoms with van der Waals surface area (Å²) in [5, 5.41) is 9.76. The normalized spacial score (nSPS) is 11.4. The molecule has 0 aliphatic rings. The largest absolute Gasteiger partial charge is 0.263 e. The third-order valence-corrected chi connectivity index (χ3v) is 11.4. The smallest absolute Gasteiger partial charge is 0.160 e. The molecule has 270 valence electrons. The maximum Gasteiger partial charge on any atom is 0.160 e. The van der Waals surface area contributed by atoms with Crippen molar-refractivity contribution in [3.63, 3.8) is 0 Å². The Morgan fingerprint density at radius 2 is 0.776 bits per heavy atom. The molecule has 0 fully saturated rings. The van der Waals surface area contributed by atoms with Crippen LogP contribution in [0.25, 0.3) is 110 Å². The molecule has 0 atom stereocenters. The van der Waals surface area contributed by atoms with Gasteiger partial charge in [-0.25, -0.2) is 9.97 Å². The van der Waals surface area contributed by atoms with Crippen LogP contribution in [0.2, 0.25) is 0 Å². The number of rotatable bonds is 6. The minimum Gasteiger partial charge on any atom is -0.263 e. The van der Waals surface area contributed by atoms with Gasteiger partial charge in [-0.15, -0.1) is 0 Å². The van der Waals surface area contributed by atoms with E-state index in [1.54, 1.807) is 0 Å². The van der Waals surface area contributed by atoms with E-state index >= 15 is 0 Å². The summed E-state index contributed by atoms with van der Waals surface area (Å²) in [6.45, 7) is 0. The predicted molar refractivity (Wildman–Crippen MR) is 242 cm³/mol. The molecule has 9 aromatic carbocycles. The molecule has 3 nitrogen and oxygen atoms in total. The summed E-state index contributed by atoms with van der Waals surface area (Å²) in [6.07, 6.45) is 3.87. The maximum absolute atomic E-state index is 5.27. The van der Waals surface area contributed by atoms with Gasteiger partial charge in [-0.2, -0.15) is 0 Å². The van der Waals surface area contributed by atoms with E-state index in [-0.39, 0.29) is 0 Å². The van der Waals surface area contributed by atoms with Gasteiger partial charge in [0.05, 0.1) is 11.4 Å². The molecule has 0 aliphatic heterocycles. The zero-order valence-corrected chi connectivity index (χ0v) is 31.5. The van der Waals surface area contributed by atoms with Gasteiger partial charge in [0.2, 0.25) is 0 Å². The summed E-state index contributed by atoms with van der Waals surface area (Å²) in [5.74, 6) is 0.682. The van der Waals surface area contributed by atoms with Gasteiger partial charge in [0.25, 0.3) is 0 Å². The van der Waals surface area contributed by atoms with E-state index in [2.05, 4.69) is 205 Å². The van der Waals surface area contributed by atoms with E-state index in [0.29, 0.717) is 5.82 Å². The van der Waals surface area contributed by atoms with Crippen LogP contribution < -0.4 is 0 Å². The summed E-state index contributed by atoms with van der Waals surface area (Å²) in [5.41, 5.74) is 11.7. The van der Waals surface area contributed by atoms with Crippen molar-refractivity contribution >= 4 is 43.1 Å². The van der Waals surface area contributed by atoms with Crippen molar-refractivity contribution in [1.82, 2.24) is 15.0 Å². The van der Waals surface area contributed by atoms with Crippen molar-refractivity contribution in [3.05, 3.63) is 213 Å². The fraction of sp³-hybridized carbons (Fsp3) is 0. The van der Waals surface area contributed by atoms with E-state index in [1.165, 1.54) is 54.4 Å². The van der Waals surface area contributed by atoms with Crippen LogP contribution in [0.5, 0.6) is 0 Å². The molecule has 0 amide bonds. The lowest BCUT2D eigenvalue weighted by Gasteiger charge is -2.13. The molecule has 58 heavy (non-hydrogen) atoms. The molecule has 0 N–H and O–H groups in total. The monoisotopic (exact) mass is 737 g/mol. The molecule has 0 unspecified atom stereocenters. The Morgan fingerprint density at radius 1 is 0.259 bits per heavy atom. The highest BCUT2D eigenvalue weighted by atomic mass is 14.9. The average Bonchev–Trinajstić information content (AvgIpc) is 3.31. The van der Waals surface area contributed by atoms with Crippen molar-refractivity contribution < 1.29 is 0 Å². The highest BCUT2D eigenvalue weighted by Gasteiger charge is 2.15. The van der Waals surface area contributed by atoms with Gasteiger partial charge in [0, 0.05) is 40.0 Å². The molecule has 0 spiro atoms. The third-order valence-electron chi connectivity index (χ3n) is 11.4. The highest BCUT2D eigenvalue weighted by Crippen LogP contribution is 2.38. The minimum atomic E-state index is 0.682. The Kier molecular flexibility index (Phi) is 8.15. The van der Waals surface area contributed by atoms with Gasteiger partial charge in [0.1, 0.15) is 0 Å². The number of aromatic nitrogens is 3. The van der Waals surface area contributed by atoms with Gasteiger partial charge in [0.15, 0.2) is 5.82 Å². The summed E-state index contributed by atoms with van der Waals surface area (Å²) >= 11 is 0. The zero-order valence-electron chi connectivity index (χ0n) is 31.5. The molecule has 0 bridgehead atoms. The van der Waals surface area contributed by atoms with Crippen molar-refractivity contribution in [1.29, 1.82) is 0 Å². The summed E-state index contributed by atoms with van der Waals surface area (Å²) in [6, 6.07) is 71.3. The number of hydrogen-bond donors (Lipinski definition) is 0. The highest BCUT2D eigenvalue weighted by molar-refractivity contribution is 6.13.